The van der Waals surface area contributed by atoms with E-state index in [0.717, 1.165) is 23.6 Å². The Morgan fingerprint density at radius 1 is 1.00 bits per heavy atom. The summed E-state index contributed by atoms with van der Waals surface area (Å²) in [7, 11) is 0. The van der Waals surface area contributed by atoms with Gasteiger partial charge in [0.2, 0.25) is 0 Å². The van der Waals surface area contributed by atoms with Crippen molar-refractivity contribution in [2.24, 2.45) is 5.41 Å². The first-order valence-corrected chi connectivity index (χ1v) is 10.5. The molecule has 33 heavy (non-hydrogen) atoms. The molecule has 2 fully saturated rings. The summed E-state index contributed by atoms with van der Waals surface area (Å²) in [6.45, 7) is 3.54. The first-order chi connectivity index (χ1) is 15.6. The van der Waals surface area contributed by atoms with Gasteiger partial charge in [0, 0.05) is 37.7 Å². The molecule has 0 aliphatic carbocycles. The molecular weight excluding hydrogens is 447 g/mol. The van der Waals surface area contributed by atoms with Crippen molar-refractivity contribution in [3.63, 3.8) is 0 Å². The standard InChI is InChI=1S/C20H21F5N8/c1-12-28-14(20(23,24)25)6-16(29-12)32-10-19(11-32)2-4-31(5-3-19)17-8-26-13-7-27-33(9-15(21)22)18(13)30-17/h6-8,15H,2-5,9-11H2,1H3. The van der Waals surface area contributed by atoms with Crippen LogP contribution < -0.4 is 9.80 Å². The number of rotatable bonds is 4. The maximum Gasteiger partial charge on any atom is 0.433 e. The van der Waals surface area contributed by atoms with Crippen LogP contribution in [-0.2, 0) is 12.7 Å². The van der Waals surface area contributed by atoms with E-state index in [4.69, 9.17) is 0 Å². The molecule has 0 N–H and O–H groups in total. The maximum absolute atomic E-state index is 13.1. The summed E-state index contributed by atoms with van der Waals surface area (Å²) in [4.78, 5) is 20.4. The Morgan fingerprint density at radius 3 is 2.39 bits per heavy atom. The highest BCUT2D eigenvalue weighted by Crippen LogP contribution is 2.43. The van der Waals surface area contributed by atoms with Gasteiger partial charge in [0.25, 0.3) is 6.43 Å². The fourth-order valence-electron chi connectivity index (χ4n) is 4.57. The lowest BCUT2D eigenvalue weighted by Crippen LogP contribution is -2.61. The molecule has 5 heterocycles. The summed E-state index contributed by atoms with van der Waals surface area (Å²) in [5.41, 5.74) is -0.146. The highest BCUT2D eigenvalue weighted by Gasteiger charge is 2.46. The molecule has 176 valence electrons. The lowest BCUT2D eigenvalue weighted by atomic mass is 9.72. The van der Waals surface area contributed by atoms with Crippen molar-refractivity contribution in [1.82, 2.24) is 29.7 Å². The molecular formula is C20H21F5N8. The minimum Gasteiger partial charge on any atom is -0.355 e. The Balaban J connectivity index is 1.25. The van der Waals surface area contributed by atoms with Gasteiger partial charge in [-0.1, -0.05) is 0 Å². The highest BCUT2D eigenvalue weighted by atomic mass is 19.4. The summed E-state index contributed by atoms with van der Waals surface area (Å²) < 4.78 is 66.0. The maximum atomic E-state index is 13.1. The average molecular weight is 468 g/mol. The van der Waals surface area contributed by atoms with Crippen LogP contribution in [0.4, 0.5) is 33.6 Å². The number of aryl methyl sites for hydroxylation is 1. The first kappa shape index (κ1) is 21.7. The van der Waals surface area contributed by atoms with Gasteiger partial charge in [-0.25, -0.2) is 33.4 Å². The number of piperidine rings is 1. The van der Waals surface area contributed by atoms with Crippen molar-refractivity contribution in [2.75, 3.05) is 36.0 Å². The Bertz CT molecular complexity index is 1160. The Hall–Kier alpha value is -3.12. The minimum atomic E-state index is -4.51. The third-order valence-corrected chi connectivity index (χ3v) is 6.28. The third kappa shape index (κ3) is 4.15. The quantitative estimate of drug-likeness (QED) is 0.544. The van der Waals surface area contributed by atoms with E-state index in [-0.39, 0.29) is 11.2 Å². The van der Waals surface area contributed by atoms with Crippen LogP contribution in [0.15, 0.2) is 18.5 Å². The molecule has 0 saturated carbocycles. The molecule has 0 aromatic carbocycles. The summed E-state index contributed by atoms with van der Waals surface area (Å²) in [5.74, 6) is 0.993. The van der Waals surface area contributed by atoms with Crippen LogP contribution in [-0.4, -0.2) is 62.3 Å². The number of alkyl halides is 5. The second kappa shape index (κ2) is 7.73. The van der Waals surface area contributed by atoms with Gasteiger partial charge in [0.1, 0.15) is 35.2 Å². The zero-order chi connectivity index (χ0) is 23.4. The van der Waals surface area contributed by atoms with Gasteiger partial charge < -0.3 is 9.80 Å². The van der Waals surface area contributed by atoms with Gasteiger partial charge in [-0.05, 0) is 19.8 Å². The van der Waals surface area contributed by atoms with Crippen molar-refractivity contribution in [3.8, 4) is 0 Å². The molecule has 1 spiro atoms. The molecule has 0 atom stereocenters. The van der Waals surface area contributed by atoms with Crippen LogP contribution in [0.5, 0.6) is 0 Å². The SMILES string of the molecule is Cc1nc(N2CC3(CCN(c4cnc5cnn(CC(F)F)c5n4)CC3)C2)cc(C(F)(F)F)n1. The van der Waals surface area contributed by atoms with Gasteiger partial charge in [0.05, 0.1) is 12.4 Å². The topological polar surface area (TPSA) is 75.9 Å². The van der Waals surface area contributed by atoms with E-state index in [2.05, 4.69) is 29.9 Å². The van der Waals surface area contributed by atoms with Crippen molar-refractivity contribution in [1.29, 1.82) is 0 Å². The smallest absolute Gasteiger partial charge is 0.355 e. The van der Waals surface area contributed by atoms with Crippen molar-refractivity contribution in [3.05, 3.63) is 30.0 Å². The molecule has 13 heteroatoms. The number of anilines is 2. The molecule has 0 bridgehead atoms. The second-order valence-corrected chi connectivity index (χ2v) is 8.65. The number of hydrogen-bond acceptors (Lipinski definition) is 7. The Kier molecular flexibility index (Phi) is 5.09. The largest absolute Gasteiger partial charge is 0.433 e. The lowest BCUT2D eigenvalue weighted by Gasteiger charge is -2.54. The highest BCUT2D eigenvalue weighted by molar-refractivity contribution is 5.71. The Morgan fingerprint density at radius 2 is 1.73 bits per heavy atom. The lowest BCUT2D eigenvalue weighted by molar-refractivity contribution is -0.141. The van der Waals surface area contributed by atoms with Gasteiger partial charge >= 0.3 is 6.18 Å². The van der Waals surface area contributed by atoms with E-state index < -0.39 is 24.8 Å². The zero-order valence-electron chi connectivity index (χ0n) is 17.7. The van der Waals surface area contributed by atoms with Crippen LogP contribution in [0, 0.1) is 12.3 Å². The molecule has 8 nitrogen and oxygen atoms in total. The predicted molar refractivity (Wildman–Crippen MR) is 109 cm³/mol. The van der Waals surface area contributed by atoms with E-state index in [1.165, 1.54) is 13.1 Å². The molecule has 3 aromatic rings. The molecule has 2 aliphatic rings. The van der Waals surface area contributed by atoms with Crippen LogP contribution in [0.3, 0.4) is 0 Å². The van der Waals surface area contributed by atoms with Crippen LogP contribution in [0.1, 0.15) is 24.4 Å². The monoisotopic (exact) mass is 468 g/mol. The Labute approximate surface area is 185 Å². The normalized spacial score (nSPS) is 18.4. The molecule has 2 aliphatic heterocycles. The molecule has 2 saturated heterocycles. The second-order valence-electron chi connectivity index (χ2n) is 8.65. The van der Waals surface area contributed by atoms with Crippen molar-refractivity contribution >= 4 is 22.8 Å². The fourth-order valence-corrected chi connectivity index (χ4v) is 4.57. The van der Waals surface area contributed by atoms with Gasteiger partial charge in [-0.3, -0.25) is 0 Å². The molecule has 0 unspecified atom stereocenters. The van der Waals surface area contributed by atoms with Gasteiger partial charge in [0.15, 0.2) is 5.65 Å². The number of halogens is 5. The van der Waals surface area contributed by atoms with E-state index >= 15 is 0 Å². The molecule has 5 rings (SSSR count). The number of fused-ring (bicyclic) bond motifs is 1. The molecule has 3 aromatic heterocycles. The van der Waals surface area contributed by atoms with E-state index in [9.17, 15) is 22.0 Å². The van der Waals surface area contributed by atoms with Crippen LogP contribution in [0.2, 0.25) is 0 Å². The fraction of sp³-hybridized carbons (Fsp3) is 0.550. The van der Waals surface area contributed by atoms with E-state index in [0.29, 0.717) is 49.0 Å². The van der Waals surface area contributed by atoms with E-state index in [1.54, 1.807) is 6.20 Å². The van der Waals surface area contributed by atoms with Gasteiger partial charge in [-0.15, -0.1) is 0 Å². The number of hydrogen-bond donors (Lipinski definition) is 0. The minimum absolute atomic E-state index is 0.00271. The summed E-state index contributed by atoms with van der Waals surface area (Å²) in [6.07, 6.45) is -2.36. The average Bonchev–Trinajstić information content (AvgIpc) is 3.12. The number of nitrogens with zero attached hydrogens (tertiary/aromatic N) is 8. The van der Waals surface area contributed by atoms with Crippen LogP contribution in [0.25, 0.3) is 11.2 Å². The summed E-state index contributed by atoms with van der Waals surface area (Å²) in [6, 6.07) is 1.00. The number of aromatic nitrogens is 6. The predicted octanol–water partition coefficient (Wildman–Crippen LogP) is 3.32. The van der Waals surface area contributed by atoms with Crippen LogP contribution >= 0.6 is 0 Å². The molecule has 0 amide bonds. The first-order valence-electron chi connectivity index (χ1n) is 10.5. The zero-order valence-corrected chi connectivity index (χ0v) is 17.7. The molecule has 0 radical (unpaired) electrons. The van der Waals surface area contributed by atoms with Crippen molar-refractivity contribution < 1.29 is 22.0 Å². The van der Waals surface area contributed by atoms with Gasteiger partial charge in [-0.2, -0.15) is 18.3 Å². The summed E-state index contributed by atoms with van der Waals surface area (Å²) >= 11 is 0. The third-order valence-electron chi connectivity index (χ3n) is 6.28. The van der Waals surface area contributed by atoms with E-state index in [1.807, 2.05) is 4.90 Å². The summed E-state index contributed by atoms with van der Waals surface area (Å²) in [5, 5.41) is 3.94. The van der Waals surface area contributed by atoms with Crippen molar-refractivity contribution in [2.45, 2.75) is 38.9 Å².